The Morgan fingerprint density at radius 3 is 2.38 bits per heavy atom. The second-order valence-electron chi connectivity index (χ2n) is 9.07. The highest BCUT2D eigenvalue weighted by Gasteiger charge is 2.18. The van der Waals surface area contributed by atoms with E-state index in [2.05, 4.69) is 68.3 Å². The molecular weight excluding hydrogens is 468 g/mol. The third kappa shape index (κ3) is 6.17. The van der Waals surface area contributed by atoms with Crippen LogP contribution in [0.2, 0.25) is 0 Å². The summed E-state index contributed by atoms with van der Waals surface area (Å²) in [7, 11) is 0. The highest BCUT2D eigenvalue weighted by Crippen LogP contribution is 2.30. The monoisotopic (exact) mass is 500 g/mol. The van der Waals surface area contributed by atoms with E-state index in [1.54, 1.807) is 0 Å². The summed E-state index contributed by atoms with van der Waals surface area (Å²) < 4.78 is 2.14. The summed E-state index contributed by atoms with van der Waals surface area (Å²) in [5.41, 5.74) is 5.14. The summed E-state index contributed by atoms with van der Waals surface area (Å²) in [6.07, 6.45) is 4.28. The Labute approximate surface area is 215 Å². The van der Waals surface area contributed by atoms with Crippen molar-refractivity contribution in [1.82, 2.24) is 30.2 Å². The molecule has 0 aliphatic carbocycles. The Morgan fingerprint density at radius 2 is 1.73 bits per heavy atom. The fourth-order valence-corrected chi connectivity index (χ4v) is 4.58. The number of carbonyl (C=O) groups is 1. The molecule has 0 aliphatic rings. The molecule has 9 nitrogen and oxygen atoms in total. The standard InChI is InChI=1S/C28H32N6O3/c1-3-5-11-25-29-28(37)23(16-17-26(35)36)24(8-4-2)34(25)18-19-12-14-20(15-13-19)21-9-6-7-10-22(21)27-30-32-33-31-27/h6-7,9-10,12-15H,3-5,8,11,16-18H2,1-2H3,(H,35,36)(H,30,31,32,33). The molecule has 4 aromatic rings. The number of aryl methyl sites for hydroxylation is 1. The van der Waals surface area contributed by atoms with Crippen molar-refractivity contribution in [3.05, 3.63) is 81.5 Å². The van der Waals surface area contributed by atoms with Gasteiger partial charge in [0.05, 0.1) is 0 Å². The minimum absolute atomic E-state index is 0.0869. The number of nitrogens with zero attached hydrogens (tertiary/aromatic N) is 5. The molecule has 37 heavy (non-hydrogen) atoms. The van der Waals surface area contributed by atoms with E-state index in [-0.39, 0.29) is 18.4 Å². The fourth-order valence-electron chi connectivity index (χ4n) is 4.58. The van der Waals surface area contributed by atoms with Crippen molar-refractivity contribution in [2.45, 2.75) is 65.3 Å². The minimum Gasteiger partial charge on any atom is -0.481 e. The van der Waals surface area contributed by atoms with Gasteiger partial charge in [-0.25, -0.2) is 0 Å². The van der Waals surface area contributed by atoms with E-state index in [4.69, 9.17) is 0 Å². The third-order valence-electron chi connectivity index (χ3n) is 6.42. The number of H-pyrrole nitrogens is 1. The predicted octanol–water partition coefficient (Wildman–Crippen LogP) is 4.45. The van der Waals surface area contributed by atoms with Crippen molar-refractivity contribution in [3.8, 4) is 22.5 Å². The number of aliphatic carboxylic acids is 1. The highest BCUT2D eigenvalue weighted by molar-refractivity contribution is 5.80. The fraction of sp³-hybridized carbons (Fsp3) is 0.357. The Kier molecular flexibility index (Phi) is 8.56. The lowest BCUT2D eigenvalue weighted by Gasteiger charge is -2.21. The van der Waals surface area contributed by atoms with Gasteiger partial charge in [-0.2, -0.15) is 10.2 Å². The molecular formula is C28H32N6O3. The number of rotatable bonds is 12. The second-order valence-corrected chi connectivity index (χ2v) is 9.07. The number of benzene rings is 2. The molecule has 2 N–H and O–H groups in total. The van der Waals surface area contributed by atoms with Crippen LogP contribution in [0.3, 0.4) is 0 Å². The highest BCUT2D eigenvalue weighted by atomic mass is 16.4. The molecule has 0 unspecified atom stereocenters. The van der Waals surface area contributed by atoms with Crippen LogP contribution < -0.4 is 5.56 Å². The van der Waals surface area contributed by atoms with Crippen molar-refractivity contribution in [3.63, 3.8) is 0 Å². The third-order valence-corrected chi connectivity index (χ3v) is 6.42. The van der Waals surface area contributed by atoms with Crippen molar-refractivity contribution in [2.24, 2.45) is 0 Å². The number of carboxylic acids is 1. The summed E-state index contributed by atoms with van der Waals surface area (Å²) in [6, 6.07) is 16.2. The average molecular weight is 501 g/mol. The van der Waals surface area contributed by atoms with Gasteiger partial charge < -0.3 is 9.67 Å². The molecule has 0 amide bonds. The van der Waals surface area contributed by atoms with Gasteiger partial charge in [0.1, 0.15) is 5.82 Å². The molecule has 4 rings (SSSR count). The van der Waals surface area contributed by atoms with E-state index in [0.717, 1.165) is 53.0 Å². The second kappa shape index (κ2) is 12.2. The van der Waals surface area contributed by atoms with E-state index in [1.807, 2.05) is 24.3 Å². The number of aromatic nitrogens is 6. The maximum absolute atomic E-state index is 12.9. The molecule has 0 spiro atoms. The van der Waals surface area contributed by atoms with Crippen LogP contribution in [0.4, 0.5) is 0 Å². The van der Waals surface area contributed by atoms with E-state index in [0.29, 0.717) is 30.8 Å². The Hall–Kier alpha value is -4.14. The summed E-state index contributed by atoms with van der Waals surface area (Å²) in [5, 5.41) is 23.7. The van der Waals surface area contributed by atoms with Crippen LogP contribution in [0, 0.1) is 0 Å². The van der Waals surface area contributed by atoms with Crippen LogP contribution >= 0.6 is 0 Å². The zero-order chi connectivity index (χ0) is 26.2. The van der Waals surface area contributed by atoms with Gasteiger partial charge in [-0.1, -0.05) is 75.2 Å². The molecule has 0 atom stereocenters. The van der Waals surface area contributed by atoms with Gasteiger partial charge in [-0.15, -0.1) is 10.2 Å². The summed E-state index contributed by atoms with van der Waals surface area (Å²) in [4.78, 5) is 28.6. The van der Waals surface area contributed by atoms with Gasteiger partial charge in [0.15, 0.2) is 0 Å². The molecule has 9 heteroatoms. The quantitative estimate of drug-likeness (QED) is 0.294. The molecule has 0 fully saturated rings. The molecule has 0 radical (unpaired) electrons. The van der Waals surface area contributed by atoms with Crippen LogP contribution in [-0.2, 0) is 30.6 Å². The molecule has 0 saturated heterocycles. The Balaban J connectivity index is 1.71. The maximum atomic E-state index is 12.9. The summed E-state index contributed by atoms with van der Waals surface area (Å²) >= 11 is 0. The van der Waals surface area contributed by atoms with E-state index in [9.17, 15) is 14.7 Å². The van der Waals surface area contributed by atoms with Crippen molar-refractivity contribution in [2.75, 3.05) is 0 Å². The molecule has 2 heterocycles. The molecule has 0 saturated carbocycles. The minimum atomic E-state index is -0.917. The zero-order valence-electron chi connectivity index (χ0n) is 21.3. The Morgan fingerprint density at radius 1 is 0.973 bits per heavy atom. The zero-order valence-corrected chi connectivity index (χ0v) is 21.3. The SMILES string of the molecule is CCCCc1nc(=O)c(CCC(=O)O)c(CCC)n1Cc1ccc(-c2ccccc2-c2nn[nH]n2)cc1. The molecule has 192 valence electrons. The van der Waals surface area contributed by atoms with Crippen molar-refractivity contribution >= 4 is 5.97 Å². The lowest BCUT2D eigenvalue weighted by molar-refractivity contribution is -0.136. The van der Waals surface area contributed by atoms with Crippen molar-refractivity contribution in [1.29, 1.82) is 0 Å². The van der Waals surface area contributed by atoms with Gasteiger partial charge in [-0.05, 0) is 41.2 Å². The molecule has 0 aliphatic heterocycles. The van der Waals surface area contributed by atoms with Gasteiger partial charge in [0.25, 0.3) is 5.56 Å². The van der Waals surface area contributed by atoms with Crippen LogP contribution in [0.5, 0.6) is 0 Å². The topological polar surface area (TPSA) is 127 Å². The number of carboxylic acid groups (broad SMARTS) is 1. The van der Waals surface area contributed by atoms with Gasteiger partial charge >= 0.3 is 5.97 Å². The van der Waals surface area contributed by atoms with E-state index >= 15 is 0 Å². The number of hydrogen-bond acceptors (Lipinski definition) is 6. The first-order valence-corrected chi connectivity index (χ1v) is 12.8. The number of unbranched alkanes of at least 4 members (excludes halogenated alkanes) is 1. The first-order valence-electron chi connectivity index (χ1n) is 12.8. The smallest absolute Gasteiger partial charge is 0.303 e. The van der Waals surface area contributed by atoms with Gasteiger partial charge in [-0.3, -0.25) is 9.59 Å². The van der Waals surface area contributed by atoms with Crippen molar-refractivity contribution < 1.29 is 9.90 Å². The first kappa shape index (κ1) is 25.9. The molecule has 0 bridgehead atoms. The summed E-state index contributed by atoms with van der Waals surface area (Å²) in [5.74, 6) is 0.388. The lowest BCUT2D eigenvalue weighted by atomic mass is 9.98. The number of nitrogens with one attached hydrogen (secondary N) is 1. The van der Waals surface area contributed by atoms with E-state index < -0.39 is 5.97 Å². The predicted molar refractivity (Wildman–Crippen MR) is 141 cm³/mol. The maximum Gasteiger partial charge on any atom is 0.303 e. The van der Waals surface area contributed by atoms with Crippen LogP contribution in [0.25, 0.3) is 22.5 Å². The van der Waals surface area contributed by atoms with Crippen LogP contribution in [0.1, 0.15) is 62.2 Å². The number of tetrazole rings is 1. The summed E-state index contributed by atoms with van der Waals surface area (Å²) in [6.45, 7) is 4.74. The van der Waals surface area contributed by atoms with Gasteiger partial charge in [0.2, 0.25) is 5.82 Å². The largest absolute Gasteiger partial charge is 0.481 e. The van der Waals surface area contributed by atoms with Crippen LogP contribution in [0.15, 0.2) is 53.3 Å². The Bertz CT molecular complexity index is 1390. The van der Waals surface area contributed by atoms with Gasteiger partial charge in [0, 0.05) is 36.2 Å². The first-order chi connectivity index (χ1) is 18.0. The lowest BCUT2D eigenvalue weighted by Crippen LogP contribution is -2.27. The normalized spacial score (nSPS) is 11.1. The average Bonchev–Trinajstić information content (AvgIpc) is 3.44. The number of aromatic amines is 1. The number of hydrogen-bond donors (Lipinski definition) is 2. The van der Waals surface area contributed by atoms with E-state index in [1.165, 1.54) is 0 Å². The molecule has 2 aromatic heterocycles. The molecule has 2 aromatic carbocycles. The van der Waals surface area contributed by atoms with Crippen LogP contribution in [-0.4, -0.2) is 41.3 Å².